The molecule has 7 heteroatoms. The van der Waals surface area contributed by atoms with Crippen LogP contribution in [-0.4, -0.2) is 45.2 Å². The lowest BCUT2D eigenvalue weighted by molar-refractivity contribution is 0.354. The maximum Gasteiger partial charge on any atom is 0.243 e. The van der Waals surface area contributed by atoms with Gasteiger partial charge in [-0.3, -0.25) is 0 Å². The highest BCUT2D eigenvalue weighted by Crippen LogP contribution is 2.26. The van der Waals surface area contributed by atoms with Crippen molar-refractivity contribution in [1.82, 2.24) is 4.31 Å². The third-order valence-corrected chi connectivity index (χ3v) is 7.78. The molecule has 1 aliphatic heterocycles. The van der Waals surface area contributed by atoms with Gasteiger partial charge in [0.2, 0.25) is 10.0 Å². The third kappa shape index (κ3) is 3.30. The van der Waals surface area contributed by atoms with Crippen molar-refractivity contribution < 1.29 is 16.8 Å². The highest BCUT2D eigenvalue weighted by molar-refractivity contribution is 7.92. The summed E-state index contributed by atoms with van der Waals surface area (Å²) in [6.45, 7) is 5.69. The molecule has 118 valence electrons. The Morgan fingerprint density at radius 1 is 1.29 bits per heavy atom. The van der Waals surface area contributed by atoms with E-state index in [4.69, 9.17) is 0 Å². The smallest absolute Gasteiger partial charge is 0.229 e. The molecule has 1 atom stereocenters. The first kappa shape index (κ1) is 16.5. The fraction of sp³-hybridized carbons (Fsp3) is 0.571. The highest BCUT2D eigenvalue weighted by atomic mass is 32.2. The molecule has 5 nitrogen and oxygen atoms in total. The van der Waals surface area contributed by atoms with Crippen molar-refractivity contribution in [2.45, 2.75) is 38.1 Å². The molecule has 0 spiro atoms. The lowest BCUT2D eigenvalue weighted by Crippen LogP contribution is -2.41. The van der Waals surface area contributed by atoms with Crippen LogP contribution in [0.3, 0.4) is 0 Å². The van der Waals surface area contributed by atoms with Crippen molar-refractivity contribution in [3.63, 3.8) is 0 Å². The minimum atomic E-state index is -3.66. The summed E-state index contributed by atoms with van der Waals surface area (Å²) in [5, 5.41) is 0. The van der Waals surface area contributed by atoms with Crippen LogP contribution in [0.4, 0.5) is 0 Å². The largest absolute Gasteiger partial charge is 0.243 e. The van der Waals surface area contributed by atoms with Crippen LogP contribution in [0.2, 0.25) is 0 Å². The molecule has 2 rings (SSSR count). The Kier molecular flexibility index (Phi) is 4.46. The second-order valence-electron chi connectivity index (χ2n) is 5.53. The molecule has 1 saturated heterocycles. The molecule has 0 radical (unpaired) electrons. The van der Waals surface area contributed by atoms with E-state index in [0.717, 1.165) is 5.56 Å². The lowest BCUT2D eigenvalue weighted by atomic mass is 10.2. The fourth-order valence-corrected chi connectivity index (χ4v) is 6.54. The first-order chi connectivity index (χ1) is 9.67. The van der Waals surface area contributed by atoms with E-state index >= 15 is 0 Å². The standard InChI is InChI=1S/C14H21NO4S2/c1-4-15(13-7-8-20(16,17)10-13)21(18,19)14-6-5-11(2)9-12(14)3/h5-6,9,13H,4,7-8,10H2,1-3H3. The first-order valence-corrected chi connectivity index (χ1v) is 10.2. The molecule has 0 N–H and O–H groups in total. The second-order valence-corrected chi connectivity index (χ2v) is 9.62. The maximum atomic E-state index is 12.8. The molecular formula is C14H21NO4S2. The molecule has 1 aromatic rings. The van der Waals surface area contributed by atoms with Gasteiger partial charge in [0.05, 0.1) is 16.4 Å². The van der Waals surface area contributed by atoms with Crippen molar-refractivity contribution in [3.05, 3.63) is 29.3 Å². The van der Waals surface area contributed by atoms with Gasteiger partial charge in [0.15, 0.2) is 9.84 Å². The van der Waals surface area contributed by atoms with Gasteiger partial charge in [0.25, 0.3) is 0 Å². The number of sulfonamides is 1. The molecular weight excluding hydrogens is 310 g/mol. The van der Waals surface area contributed by atoms with E-state index in [1.54, 1.807) is 26.0 Å². The highest BCUT2D eigenvalue weighted by Gasteiger charge is 2.38. The minimum absolute atomic E-state index is 0.0660. The maximum absolute atomic E-state index is 12.8. The second kappa shape index (κ2) is 5.70. The summed E-state index contributed by atoms with van der Waals surface area (Å²) in [5.74, 6) is -0.0124. The number of aryl methyl sites for hydroxylation is 2. The summed E-state index contributed by atoms with van der Waals surface area (Å²) >= 11 is 0. The van der Waals surface area contributed by atoms with Crippen LogP contribution in [-0.2, 0) is 19.9 Å². The van der Waals surface area contributed by atoms with Crippen LogP contribution in [0.25, 0.3) is 0 Å². The minimum Gasteiger partial charge on any atom is -0.229 e. The molecule has 1 fully saturated rings. The zero-order valence-electron chi connectivity index (χ0n) is 12.5. The summed E-state index contributed by atoms with van der Waals surface area (Å²) in [4.78, 5) is 0.263. The van der Waals surface area contributed by atoms with Crippen LogP contribution in [0.5, 0.6) is 0 Å². The third-order valence-electron chi connectivity index (χ3n) is 3.84. The summed E-state index contributed by atoms with van der Waals surface area (Å²) in [7, 11) is -6.78. The Hall–Kier alpha value is -0.920. The van der Waals surface area contributed by atoms with Crippen LogP contribution in [0, 0.1) is 13.8 Å². The van der Waals surface area contributed by atoms with E-state index in [9.17, 15) is 16.8 Å². The summed E-state index contributed by atoms with van der Waals surface area (Å²) < 4.78 is 50.2. The zero-order chi connectivity index (χ0) is 15.8. The number of benzene rings is 1. The lowest BCUT2D eigenvalue weighted by Gasteiger charge is -2.26. The Labute approximate surface area is 126 Å². The van der Waals surface area contributed by atoms with Crippen molar-refractivity contribution in [1.29, 1.82) is 0 Å². The van der Waals surface area contributed by atoms with E-state index in [0.29, 0.717) is 12.0 Å². The Morgan fingerprint density at radius 2 is 1.95 bits per heavy atom. The van der Waals surface area contributed by atoms with E-state index in [1.165, 1.54) is 4.31 Å². The number of hydrogen-bond acceptors (Lipinski definition) is 4. The number of nitrogens with zero attached hydrogens (tertiary/aromatic N) is 1. The van der Waals surface area contributed by atoms with Crippen LogP contribution in [0.15, 0.2) is 23.1 Å². The van der Waals surface area contributed by atoms with Gasteiger partial charge in [-0.1, -0.05) is 24.6 Å². The predicted octanol–water partition coefficient (Wildman–Crippen LogP) is 1.50. The first-order valence-electron chi connectivity index (χ1n) is 6.97. The van der Waals surface area contributed by atoms with Gasteiger partial charge in [-0.15, -0.1) is 0 Å². The number of hydrogen-bond donors (Lipinski definition) is 0. The molecule has 1 heterocycles. The van der Waals surface area contributed by atoms with E-state index in [1.807, 2.05) is 13.0 Å². The van der Waals surface area contributed by atoms with Crippen molar-refractivity contribution in [2.24, 2.45) is 0 Å². The SMILES string of the molecule is CCN(C1CCS(=O)(=O)C1)S(=O)(=O)c1ccc(C)cc1C. The summed E-state index contributed by atoms with van der Waals surface area (Å²) in [6, 6.07) is 4.74. The molecule has 1 aromatic carbocycles. The van der Waals surface area contributed by atoms with Gasteiger partial charge in [-0.2, -0.15) is 4.31 Å². The van der Waals surface area contributed by atoms with Gasteiger partial charge < -0.3 is 0 Å². The Morgan fingerprint density at radius 3 is 2.43 bits per heavy atom. The number of rotatable bonds is 4. The van der Waals surface area contributed by atoms with E-state index < -0.39 is 25.9 Å². The fourth-order valence-electron chi connectivity index (χ4n) is 2.84. The number of sulfone groups is 1. The van der Waals surface area contributed by atoms with Crippen LogP contribution >= 0.6 is 0 Å². The molecule has 0 aromatic heterocycles. The molecule has 0 bridgehead atoms. The van der Waals surface area contributed by atoms with Crippen molar-refractivity contribution in [2.75, 3.05) is 18.1 Å². The van der Waals surface area contributed by atoms with Gasteiger partial charge in [0, 0.05) is 12.6 Å². The normalized spacial score (nSPS) is 21.8. The topological polar surface area (TPSA) is 71.5 Å². The molecule has 1 unspecified atom stereocenters. The molecule has 21 heavy (non-hydrogen) atoms. The van der Waals surface area contributed by atoms with Gasteiger partial charge in [0.1, 0.15) is 0 Å². The van der Waals surface area contributed by atoms with E-state index in [2.05, 4.69) is 0 Å². The molecule has 1 aliphatic rings. The average Bonchev–Trinajstić information content (AvgIpc) is 2.69. The Bertz CT molecular complexity index is 738. The van der Waals surface area contributed by atoms with Crippen molar-refractivity contribution in [3.8, 4) is 0 Å². The monoisotopic (exact) mass is 331 g/mol. The summed E-state index contributed by atoms with van der Waals surface area (Å²) in [6.07, 6.45) is 0.375. The van der Waals surface area contributed by atoms with Gasteiger partial charge >= 0.3 is 0 Å². The summed E-state index contributed by atoms with van der Waals surface area (Å²) in [5.41, 5.74) is 1.69. The van der Waals surface area contributed by atoms with Crippen LogP contribution in [0.1, 0.15) is 24.5 Å². The molecule has 0 aliphatic carbocycles. The zero-order valence-corrected chi connectivity index (χ0v) is 14.2. The van der Waals surface area contributed by atoms with Crippen molar-refractivity contribution >= 4 is 19.9 Å². The van der Waals surface area contributed by atoms with Crippen LogP contribution < -0.4 is 0 Å². The molecule has 0 saturated carbocycles. The average molecular weight is 331 g/mol. The quantitative estimate of drug-likeness (QED) is 0.838. The Balaban J connectivity index is 2.41. The predicted molar refractivity (Wildman–Crippen MR) is 82.5 cm³/mol. The van der Waals surface area contributed by atoms with Gasteiger partial charge in [-0.25, -0.2) is 16.8 Å². The molecule has 0 amide bonds. The van der Waals surface area contributed by atoms with Gasteiger partial charge in [-0.05, 0) is 31.9 Å². The van der Waals surface area contributed by atoms with E-state index in [-0.39, 0.29) is 22.9 Å².